The van der Waals surface area contributed by atoms with E-state index < -0.39 is 0 Å². The molecule has 118 valence electrons. The van der Waals surface area contributed by atoms with Crippen molar-refractivity contribution in [1.82, 2.24) is 25.3 Å². The lowest BCUT2D eigenvalue weighted by atomic mass is 10.3. The van der Waals surface area contributed by atoms with Crippen LogP contribution >= 0.6 is 11.3 Å². The Balaban J connectivity index is 1.46. The summed E-state index contributed by atoms with van der Waals surface area (Å²) in [5, 5.41) is 11.8. The largest absolute Gasteiger partial charge is 0.332 e. The standard InChI is InChI=1S/C15H21N5OS/c21-15(16-11-13-4-5-17-18-13)20-7-2-6-19(8-9-20)12-14-3-1-10-22-14/h1,3-5,10H,2,6-9,11-12H2,(H,16,21)(H,17,18). The average molecular weight is 319 g/mol. The van der Waals surface area contributed by atoms with Crippen molar-refractivity contribution in [2.75, 3.05) is 26.2 Å². The lowest BCUT2D eigenvalue weighted by molar-refractivity contribution is 0.197. The third-order valence-corrected chi connectivity index (χ3v) is 4.68. The maximum absolute atomic E-state index is 12.2. The predicted octanol–water partition coefficient (Wildman–Crippen LogP) is 1.89. The number of carbonyl (C=O) groups is 1. The number of amides is 2. The smallest absolute Gasteiger partial charge is 0.317 e. The number of nitrogens with zero attached hydrogens (tertiary/aromatic N) is 3. The van der Waals surface area contributed by atoms with Gasteiger partial charge in [-0.05, 0) is 23.9 Å². The van der Waals surface area contributed by atoms with Crippen molar-refractivity contribution >= 4 is 17.4 Å². The SMILES string of the molecule is O=C(NCc1ccn[nH]1)N1CCCN(Cc2cccs2)CC1. The fourth-order valence-electron chi connectivity index (χ4n) is 2.62. The Bertz CT molecular complexity index is 569. The molecule has 0 aliphatic carbocycles. The molecule has 3 rings (SSSR count). The molecule has 1 aliphatic rings. The predicted molar refractivity (Wildman–Crippen MR) is 86.6 cm³/mol. The molecule has 0 aromatic carbocycles. The first-order valence-electron chi connectivity index (χ1n) is 7.57. The van der Waals surface area contributed by atoms with Crippen molar-refractivity contribution in [1.29, 1.82) is 0 Å². The Hall–Kier alpha value is -1.86. The molecule has 3 heterocycles. The molecule has 0 spiro atoms. The normalized spacial score (nSPS) is 16.5. The number of carbonyl (C=O) groups excluding carboxylic acids is 1. The number of rotatable bonds is 4. The molecule has 2 aromatic rings. The average Bonchev–Trinajstić information content (AvgIpc) is 3.16. The highest BCUT2D eigenvalue weighted by Crippen LogP contribution is 2.13. The van der Waals surface area contributed by atoms with Gasteiger partial charge in [0, 0.05) is 43.8 Å². The van der Waals surface area contributed by atoms with Gasteiger partial charge in [0.05, 0.1) is 12.2 Å². The van der Waals surface area contributed by atoms with Crippen molar-refractivity contribution < 1.29 is 4.79 Å². The minimum atomic E-state index is 0.00701. The third-order valence-electron chi connectivity index (χ3n) is 3.82. The Morgan fingerprint density at radius 2 is 2.27 bits per heavy atom. The first-order valence-corrected chi connectivity index (χ1v) is 8.45. The second-order valence-electron chi connectivity index (χ2n) is 5.44. The van der Waals surface area contributed by atoms with E-state index in [-0.39, 0.29) is 6.03 Å². The number of urea groups is 1. The summed E-state index contributed by atoms with van der Waals surface area (Å²) < 4.78 is 0. The van der Waals surface area contributed by atoms with E-state index in [2.05, 4.69) is 37.9 Å². The van der Waals surface area contributed by atoms with Gasteiger partial charge in [-0.3, -0.25) is 10.00 Å². The first-order chi connectivity index (χ1) is 10.8. The summed E-state index contributed by atoms with van der Waals surface area (Å²) in [7, 11) is 0. The van der Waals surface area contributed by atoms with E-state index in [4.69, 9.17) is 0 Å². The number of aromatic amines is 1. The molecule has 0 bridgehead atoms. The van der Waals surface area contributed by atoms with Gasteiger partial charge in [-0.2, -0.15) is 5.10 Å². The summed E-state index contributed by atoms with van der Waals surface area (Å²) in [5.74, 6) is 0. The highest BCUT2D eigenvalue weighted by Gasteiger charge is 2.19. The number of thiophene rings is 1. The van der Waals surface area contributed by atoms with Crippen molar-refractivity contribution in [3.8, 4) is 0 Å². The number of hydrogen-bond donors (Lipinski definition) is 2. The first kappa shape index (κ1) is 15.1. The fraction of sp³-hybridized carbons (Fsp3) is 0.467. The molecule has 1 saturated heterocycles. The molecule has 2 aromatic heterocycles. The van der Waals surface area contributed by atoms with Crippen LogP contribution in [0.3, 0.4) is 0 Å². The van der Waals surface area contributed by atoms with E-state index in [1.54, 1.807) is 17.5 Å². The highest BCUT2D eigenvalue weighted by molar-refractivity contribution is 7.09. The second kappa shape index (κ2) is 7.42. The number of hydrogen-bond acceptors (Lipinski definition) is 4. The minimum Gasteiger partial charge on any atom is -0.332 e. The van der Waals surface area contributed by atoms with Crippen LogP contribution in [0.15, 0.2) is 29.8 Å². The Morgan fingerprint density at radius 1 is 1.32 bits per heavy atom. The number of H-pyrrole nitrogens is 1. The molecule has 2 amide bonds. The zero-order chi connectivity index (χ0) is 15.2. The van der Waals surface area contributed by atoms with E-state index in [0.717, 1.165) is 44.8 Å². The van der Waals surface area contributed by atoms with E-state index in [0.29, 0.717) is 6.54 Å². The maximum atomic E-state index is 12.2. The molecule has 2 N–H and O–H groups in total. The third kappa shape index (κ3) is 4.08. The molecule has 1 aliphatic heterocycles. The second-order valence-corrected chi connectivity index (χ2v) is 6.47. The monoisotopic (exact) mass is 319 g/mol. The zero-order valence-corrected chi connectivity index (χ0v) is 13.3. The van der Waals surface area contributed by atoms with Gasteiger partial charge < -0.3 is 10.2 Å². The summed E-state index contributed by atoms with van der Waals surface area (Å²) in [6.07, 6.45) is 2.71. The molecule has 7 heteroatoms. The molecular formula is C15H21N5OS. The Kier molecular flexibility index (Phi) is 5.07. The summed E-state index contributed by atoms with van der Waals surface area (Å²) >= 11 is 1.79. The molecule has 6 nitrogen and oxygen atoms in total. The van der Waals surface area contributed by atoms with Gasteiger partial charge in [0.1, 0.15) is 0 Å². The number of aromatic nitrogens is 2. The van der Waals surface area contributed by atoms with Crippen LogP contribution in [-0.4, -0.2) is 52.2 Å². The lowest BCUT2D eigenvalue weighted by Crippen LogP contribution is -2.41. The van der Waals surface area contributed by atoms with Crippen LogP contribution in [0.25, 0.3) is 0 Å². The Labute approximate surface area is 134 Å². The van der Waals surface area contributed by atoms with Crippen LogP contribution in [0.2, 0.25) is 0 Å². The van der Waals surface area contributed by atoms with Crippen molar-refractivity contribution in [2.45, 2.75) is 19.5 Å². The summed E-state index contributed by atoms with van der Waals surface area (Å²) in [6, 6.07) is 6.13. The van der Waals surface area contributed by atoms with Crippen LogP contribution in [0.1, 0.15) is 17.0 Å². The topological polar surface area (TPSA) is 64.3 Å². The summed E-state index contributed by atoms with van der Waals surface area (Å²) in [5.41, 5.74) is 0.919. The molecule has 22 heavy (non-hydrogen) atoms. The van der Waals surface area contributed by atoms with Crippen LogP contribution in [0.5, 0.6) is 0 Å². The molecule has 1 fully saturated rings. The molecule has 0 radical (unpaired) electrons. The lowest BCUT2D eigenvalue weighted by Gasteiger charge is -2.22. The minimum absolute atomic E-state index is 0.00701. The van der Waals surface area contributed by atoms with Gasteiger partial charge in [-0.1, -0.05) is 6.07 Å². The quantitative estimate of drug-likeness (QED) is 0.904. The number of nitrogens with one attached hydrogen (secondary N) is 2. The van der Waals surface area contributed by atoms with Crippen LogP contribution in [0.4, 0.5) is 4.79 Å². The van der Waals surface area contributed by atoms with Gasteiger partial charge in [-0.25, -0.2) is 4.79 Å². The van der Waals surface area contributed by atoms with Gasteiger partial charge in [0.15, 0.2) is 0 Å². The van der Waals surface area contributed by atoms with E-state index >= 15 is 0 Å². The van der Waals surface area contributed by atoms with Gasteiger partial charge in [-0.15, -0.1) is 11.3 Å². The molecule has 0 atom stereocenters. The van der Waals surface area contributed by atoms with Gasteiger partial charge in [0.2, 0.25) is 0 Å². The van der Waals surface area contributed by atoms with Crippen LogP contribution in [-0.2, 0) is 13.1 Å². The van der Waals surface area contributed by atoms with Gasteiger partial charge >= 0.3 is 6.03 Å². The zero-order valence-electron chi connectivity index (χ0n) is 12.5. The van der Waals surface area contributed by atoms with Crippen LogP contribution < -0.4 is 5.32 Å². The van der Waals surface area contributed by atoms with Gasteiger partial charge in [0.25, 0.3) is 0 Å². The van der Waals surface area contributed by atoms with E-state index in [1.165, 1.54) is 4.88 Å². The van der Waals surface area contributed by atoms with E-state index in [1.807, 2.05) is 11.0 Å². The van der Waals surface area contributed by atoms with Crippen molar-refractivity contribution in [3.05, 3.63) is 40.3 Å². The summed E-state index contributed by atoms with van der Waals surface area (Å²) in [6.45, 7) is 5.04. The van der Waals surface area contributed by atoms with Crippen LogP contribution in [0, 0.1) is 0 Å². The van der Waals surface area contributed by atoms with Crippen molar-refractivity contribution in [2.24, 2.45) is 0 Å². The Morgan fingerprint density at radius 3 is 3.05 bits per heavy atom. The van der Waals surface area contributed by atoms with Crippen molar-refractivity contribution in [3.63, 3.8) is 0 Å². The van der Waals surface area contributed by atoms with E-state index in [9.17, 15) is 4.79 Å². The molecule has 0 saturated carbocycles. The maximum Gasteiger partial charge on any atom is 0.317 e. The highest BCUT2D eigenvalue weighted by atomic mass is 32.1. The molecule has 0 unspecified atom stereocenters. The fourth-order valence-corrected chi connectivity index (χ4v) is 3.37. The summed E-state index contributed by atoms with van der Waals surface area (Å²) in [4.78, 5) is 18.0. The molecular weight excluding hydrogens is 298 g/mol.